The van der Waals surface area contributed by atoms with E-state index in [0.717, 1.165) is 11.1 Å². The summed E-state index contributed by atoms with van der Waals surface area (Å²) >= 11 is 0. The van der Waals surface area contributed by atoms with Crippen LogP contribution < -0.4 is 10.2 Å². The van der Waals surface area contributed by atoms with Crippen LogP contribution in [0.1, 0.15) is 11.1 Å². The highest BCUT2D eigenvalue weighted by atomic mass is 17.2. The first-order valence-corrected chi connectivity index (χ1v) is 4.10. The van der Waals surface area contributed by atoms with Crippen molar-refractivity contribution in [2.45, 2.75) is 13.2 Å². The van der Waals surface area contributed by atoms with E-state index in [4.69, 9.17) is 9.78 Å². The molecule has 0 aliphatic carbocycles. The fourth-order valence-corrected chi connectivity index (χ4v) is 1.35. The topological polar surface area (TPSA) is 50.7 Å². The fraction of sp³-hybridized carbons (Fsp3) is 0.333. The third kappa shape index (κ3) is 1.34. The Morgan fingerprint density at radius 1 is 1.54 bits per heavy atom. The standard InChI is InChI=1S/C9H11NO3/c1-10-4-6-2-3-7-5-12-13-9(7)8(6)11/h2-3,10-11H,4-5H2,1H3. The van der Waals surface area contributed by atoms with Gasteiger partial charge in [0.25, 0.3) is 0 Å². The maximum atomic E-state index is 9.70. The van der Waals surface area contributed by atoms with Gasteiger partial charge in [-0.2, -0.15) is 4.89 Å². The summed E-state index contributed by atoms with van der Waals surface area (Å²) in [5.41, 5.74) is 1.70. The number of phenols is 1. The van der Waals surface area contributed by atoms with Gasteiger partial charge in [0.05, 0.1) is 0 Å². The van der Waals surface area contributed by atoms with Crippen LogP contribution in [0.2, 0.25) is 0 Å². The number of benzene rings is 1. The second kappa shape index (κ2) is 3.24. The SMILES string of the molecule is CNCc1ccc2c(c1O)OOC2. The van der Waals surface area contributed by atoms with E-state index in [9.17, 15) is 5.11 Å². The summed E-state index contributed by atoms with van der Waals surface area (Å²) in [5.74, 6) is 0.622. The molecule has 0 radical (unpaired) electrons. The van der Waals surface area contributed by atoms with Crippen LogP contribution in [0.4, 0.5) is 0 Å². The fourth-order valence-electron chi connectivity index (χ4n) is 1.35. The first kappa shape index (κ1) is 8.34. The number of hydrogen-bond donors (Lipinski definition) is 2. The van der Waals surface area contributed by atoms with E-state index in [1.165, 1.54) is 0 Å². The molecule has 1 aromatic carbocycles. The van der Waals surface area contributed by atoms with Gasteiger partial charge < -0.3 is 15.3 Å². The molecular weight excluding hydrogens is 170 g/mol. The van der Waals surface area contributed by atoms with E-state index in [2.05, 4.69) is 5.32 Å². The quantitative estimate of drug-likeness (QED) is 0.666. The second-order valence-electron chi connectivity index (χ2n) is 2.94. The lowest BCUT2D eigenvalue weighted by atomic mass is 10.1. The summed E-state index contributed by atoms with van der Waals surface area (Å²) in [5, 5.41) is 12.7. The number of nitrogens with one attached hydrogen (secondary N) is 1. The maximum absolute atomic E-state index is 9.70. The molecular formula is C9H11NO3. The molecule has 0 bridgehead atoms. The van der Waals surface area contributed by atoms with E-state index in [1.54, 1.807) is 0 Å². The van der Waals surface area contributed by atoms with Crippen molar-refractivity contribution in [1.29, 1.82) is 0 Å². The smallest absolute Gasteiger partial charge is 0.212 e. The van der Waals surface area contributed by atoms with Gasteiger partial charge in [0, 0.05) is 17.7 Å². The minimum Gasteiger partial charge on any atom is -0.504 e. The predicted octanol–water partition coefficient (Wildman–Crippen LogP) is 0.936. The predicted molar refractivity (Wildman–Crippen MR) is 46.3 cm³/mol. The summed E-state index contributed by atoms with van der Waals surface area (Å²) in [7, 11) is 1.82. The van der Waals surface area contributed by atoms with Crippen molar-refractivity contribution in [3.63, 3.8) is 0 Å². The third-order valence-electron chi connectivity index (χ3n) is 2.02. The van der Waals surface area contributed by atoms with Crippen molar-refractivity contribution in [1.82, 2.24) is 5.32 Å². The number of rotatable bonds is 2. The molecule has 1 heterocycles. The van der Waals surface area contributed by atoms with Crippen LogP contribution in [0.15, 0.2) is 12.1 Å². The van der Waals surface area contributed by atoms with Crippen LogP contribution in [0.25, 0.3) is 0 Å². The van der Waals surface area contributed by atoms with Gasteiger partial charge in [0.2, 0.25) is 5.75 Å². The molecule has 0 saturated heterocycles. The van der Waals surface area contributed by atoms with Gasteiger partial charge in [0.15, 0.2) is 5.75 Å². The molecule has 1 aliphatic rings. The largest absolute Gasteiger partial charge is 0.504 e. The number of fused-ring (bicyclic) bond motifs is 1. The minimum absolute atomic E-state index is 0.171. The Bertz CT molecular complexity index is 325. The first-order valence-electron chi connectivity index (χ1n) is 4.10. The molecule has 0 fully saturated rings. The first-order chi connectivity index (χ1) is 6.33. The van der Waals surface area contributed by atoms with Gasteiger partial charge in [-0.15, -0.1) is 0 Å². The van der Waals surface area contributed by atoms with Gasteiger partial charge in [-0.1, -0.05) is 12.1 Å². The van der Waals surface area contributed by atoms with Crippen LogP contribution in [0.5, 0.6) is 11.5 Å². The summed E-state index contributed by atoms with van der Waals surface area (Å²) in [4.78, 5) is 9.59. The molecule has 13 heavy (non-hydrogen) atoms. The highest BCUT2D eigenvalue weighted by Gasteiger charge is 2.20. The molecule has 0 aromatic heterocycles. The van der Waals surface area contributed by atoms with E-state index >= 15 is 0 Å². The highest BCUT2D eigenvalue weighted by Crippen LogP contribution is 2.37. The van der Waals surface area contributed by atoms with Gasteiger partial charge in [0.1, 0.15) is 6.61 Å². The monoisotopic (exact) mass is 181 g/mol. The molecule has 0 spiro atoms. The lowest BCUT2D eigenvalue weighted by Crippen LogP contribution is -2.05. The molecule has 4 nitrogen and oxygen atoms in total. The van der Waals surface area contributed by atoms with E-state index in [0.29, 0.717) is 18.9 Å². The Morgan fingerprint density at radius 2 is 2.38 bits per heavy atom. The third-order valence-corrected chi connectivity index (χ3v) is 2.02. The summed E-state index contributed by atoms with van der Waals surface area (Å²) in [6.45, 7) is 1.02. The average Bonchev–Trinajstić information content (AvgIpc) is 2.58. The Labute approximate surface area is 76.0 Å². The van der Waals surface area contributed by atoms with Crippen LogP contribution in [-0.4, -0.2) is 12.2 Å². The number of aromatic hydroxyl groups is 1. The summed E-state index contributed by atoms with van der Waals surface area (Å²) < 4.78 is 0. The van der Waals surface area contributed by atoms with E-state index in [-0.39, 0.29) is 5.75 Å². The van der Waals surface area contributed by atoms with Gasteiger partial charge in [-0.05, 0) is 7.05 Å². The average molecular weight is 181 g/mol. The maximum Gasteiger partial charge on any atom is 0.212 e. The molecule has 0 atom stereocenters. The normalized spacial score (nSPS) is 13.9. The zero-order valence-corrected chi connectivity index (χ0v) is 7.33. The molecule has 1 aliphatic heterocycles. The number of hydrogen-bond acceptors (Lipinski definition) is 4. The zero-order valence-electron chi connectivity index (χ0n) is 7.33. The van der Waals surface area contributed by atoms with Crippen molar-refractivity contribution < 1.29 is 14.9 Å². The molecule has 2 rings (SSSR count). The van der Waals surface area contributed by atoms with Crippen LogP contribution in [0.3, 0.4) is 0 Å². The Balaban J connectivity index is 2.40. The molecule has 2 N–H and O–H groups in total. The molecule has 0 amide bonds. The highest BCUT2D eigenvalue weighted by molar-refractivity contribution is 5.51. The Hall–Kier alpha value is -1.26. The van der Waals surface area contributed by atoms with E-state index in [1.807, 2.05) is 19.2 Å². The summed E-state index contributed by atoms with van der Waals surface area (Å²) in [6.07, 6.45) is 0. The van der Waals surface area contributed by atoms with Crippen LogP contribution in [0, 0.1) is 0 Å². The minimum atomic E-state index is 0.171. The van der Waals surface area contributed by atoms with Gasteiger partial charge in [-0.3, -0.25) is 0 Å². The second-order valence-corrected chi connectivity index (χ2v) is 2.94. The van der Waals surface area contributed by atoms with Crippen molar-refractivity contribution >= 4 is 0 Å². The van der Waals surface area contributed by atoms with Gasteiger partial charge >= 0.3 is 0 Å². The lowest BCUT2D eigenvalue weighted by molar-refractivity contribution is -0.195. The molecule has 4 heteroatoms. The van der Waals surface area contributed by atoms with Gasteiger partial charge in [-0.25, -0.2) is 0 Å². The van der Waals surface area contributed by atoms with Crippen molar-refractivity contribution in [3.05, 3.63) is 23.3 Å². The zero-order chi connectivity index (χ0) is 9.26. The Morgan fingerprint density at radius 3 is 3.15 bits per heavy atom. The Kier molecular flexibility index (Phi) is 2.08. The lowest BCUT2D eigenvalue weighted by Gasteiger charge is -2.05. The van der Waals surface area contributed by atoms with E-state index < -0.39 is 0 Å². The molecule has 70 valence electrons. The summed E-state index contributed by atoms with van der Waals surface area (Å²) in [6, 6.07) is 3.76. The van der Waals surface area contributed by atoms with Crippen LogP contribution >= 0.6 is 0 Å². The van der Waals surface area contributed by atoms with Crippen molar-refractivity contribution in [2.24, 2.45) is 0 Å². The van der Waals surface area contributed by atoms with Crippen LogP contribution in [-0.2, 0) is 18.0 Å². The van der Waals surface area contributed by atoms with Crippen molar-refractivity contribution in [3.8, 4) is 11.5 Å². The molecule has 0 unspecified atom stereocenters. The number of phenolic OH excluding ortho intramolecular Hbond substituents is 1. The van der Waals surface area contributed by atoms with Crippen molar-refractivity contribution in [2.75, 3.05) is 7.05 Å². The molecule has 1 aromatic rings. The molecule has 0 saturated carbocycles.